The maximum atomic E-state index is 15.0. The van der Waals surface area contributed by atoms with Crippen LogP contribution < -0.4 is 43.8 Å². The molecule has 7 rings (SSSR count). The number of nitrogens with zero attached hydrogens (tertiary/aromatic N) is 1. The summed E-state index contributed by atoms with van der Waals surface area (Å²) in [5.74, 6) is -5.32. The Labute approximate surface area is 431 Å². The molecule has 0 radical (unpaired) electrons. The molecule has 0 fully saturated rings. The van der Waals surface area contributed by atoms with Crippen LogP contribution in [0, 0.1) is 0 Å². The summed E-state index contributed by atoms with van der Waals surface area (Å²) in [6.07, 6.45) is 3.35. The Morgan fingerprint density at radius 2 is 0.867 bits per heavy atom. The molecule has 20 heteroatoms. The molecule has 6 atom stereocenters. The molecule has 0 saturated heterocycles. The minimum absolute atomic E-state index is 0.0116. The molecule has 20 nitrogen and oxygen atoms in total. The van der Waals surface area contributed by atoms with Crippen molar-refractivity contribution < 1.29 is 44.1 Å². The second-order valence-corrected chi connectivity index (χ2v) is 18.3. The number of phenols is 2. The summed E-state index contributed by atoms with van der Waals surface area (Å²) in [5.41, 5.74) is 22.0. The van der Waals surface area contributed by atoms with Crippen LogP contribution in [0.3, 0.4) is 0 Å². The number of hydrogen-bond acceptors (Lipinski definition) is 10. The van der Waals surface area contributed by atoms with Gasteiger partial charge in [0.2, 0.25) is 29.5 Å². The number of carboxylic acid groups (broad SMARTS) is 1. The quantitative estimate of drug-likeness (QED) is 0.0223. The number of aliphatic carboxylic acids is 1. The van der Waals surface area contributed by atoms with Gasteiger partial charge in [0.05, 0.1) is 6.04 Å². The zero-order valence-electron chi connectivity index (χ0n) is 40.9. The Morgan fingerprint density at radius 3 is 1.32 bits per heavy atom. The van der Waals surface area contributed by atoms with Crippen LogP contribution in [-0.2, 0) is 60.9 Å². The van der Waals surface area contributed by atoms with Crippen LogP contribution in [0.15, 0.2) is 145 Å². The van der Waals surface area contributed by atoms with Gasteiger partial charge in [-0.25, -0.2) is 4.79 Å². The van der Waals surface area contributed by atoms with Crippen LogP contribution in [0.5, 0.6) is 11.5 Å². The Hall–Kier alpha value is -9.17. The van der Waals surface area contributed by atoms with E-state index < -0.39 is 71.8 Å². The highest BCUT2D eigenvalue weighted by Gasteiger charge is 2.34. The molecule has 0 aliphatic carbocycles. The molecule has 2 heterocycles. The average molecular weight is 1020 g/mol. The number of amides is 5. The minimum atomic E-state index is -1.41. The third-order valence-corrected chi connectivity index (χ3v) is 12.7. The van der Waals surface area contributed by atoms with Gasteiger partial charge in [0, 0.05) is 66.4 Å². The van der Waals surface area contributed by atoms with Gasteiger partial charge in [-0.05, 0) is 83.5 Å². The highest BCUT2D eigenvalue weighted by atomic mass is 16.4. The van der Waals surface area contributed by atoms with Crippen molar-refractivity contribution >= 4 is 63.3 Å². The number of aromatic nitrogens is 2. The van der Waals surface area contributed by atoms with E-state index in [1.165, 1.54) is 24.3 Å². The number of aliphatic imine (C=N–C) groups is 1. The van der Waals surface area contributed by atoms with E-state index in [4.69, 9.17) is 17.2 Å². The second kappa shape index (κ2) is 25.5. The number of H-pyrrole nitrogens is 2. The number of carbonyl (C=O) groups is 6. The fourth-order valence-electron chi connectivity index (χ4n) is 8.70. The molecule has 0 bridgehead atoms. The molecule has 5 amide bonds. The highest BCUT2D eigenvalue weighted by Crippen LogP contribution is 2.22. The predicted octanol–water partition coefficient (Wildman–Crippen LogP) is 2.46. The molecule has 0 saturated carbocycles. The fourth-order valence-corrected chi connectivity index (χ4v) is 8.70. The lowest BCUT2D eigenvalue weighted by Gasteiger charge is -2.27. The number of carboxylic acids is 1. The molecular weight excluding hydrogens is 959 g/mol. The largest absolute Gasteiger partial charge is 0.508 e. The molecule has 0 spiro atoms. The summed E-state index contributed by atoms with van der Waals surface area (Å²) < 4.78 is 0. The fraction of sp³-hybridized carbons (Fsp3) is 0.255. The van der Waals surface area contributed by atoms with E-state index in [0.717, 1.165) is 21.8 Å². The molecule has 0 aliphatic rings. The first-order valence-corrected chi connectivity index (χ1v) is 24.4. The summed E-state index contributed by atoms with van der Waals surface area (Å²) in [5, 5.41) is 45.3. The van der Waals surface area contributed by atoms with Crippen molar-refractivity contribution in [2.75, 3.05) is 6.54 Å². The number of aromatic hydroxyl groups is 2. The number of fused-ring (bicyclic) bond motifs is 2. The predicted molar refractivity (Wildman–Crippen MR) is 283 cm³/mol. The number of para-hydroxylation sites is 2. The first-order valence-electron chi connectivity index (χ1n) is 24.4. The Balaban J connectivity index is 1.19. The first kappa shape index (κ1) is 53.6. The lowest BCUT2D eigenvalue weighted by molar-refractivity contribution is -0.142. The molecule has 75 heavy (non-hydrogen) atoms. The van der Waals surface area contributed by atoms with Gasteiger partial charge in [0.1, 0.15) is 41.7 Å². The van der Waals surface area contributed by atoms with Gasteiger partial charge < -0.3 is 69.1 Å². The summed E-state index contributed by atoms with van der Waals surface area (Å²) in [4.78, 5) is 95.2. The van der Waals surface area contributed by atoms with E-state index >= 15 is 0 Å². The van der Waals surface area contributed by atoms with Gasteiger partial charge in [-0.1, -0.05) is 91.0 Å². The Kier molecular flexibility index (Phi) is 18.2. The van der Waals surface area contributed by atoms with Gasteiger partial charge in [0.15, 0.2) is 5.96 Å². The van der Waals surface area contributed by atoms with Crippen molar-refractivity contribution in [3.63, 3.8) is 0 Å². The monoisotopic (exact) mass is 1020 g/mol. The Bertz CT molecular complexity index is 3120. The molecule has 0 aliphatic heterocycles. The zero-order valence-corrected chi connectivity index (χ0v) is 40.9. The van der Waals surface area contributed by atoms with Gasteiger partial charge >= 0.3 is 5.97 Å². The van der Waals surface area contributed by atoms with Crippen LogP contribution >= 0.6 is 0 Å². The van der Waals surface area contributed by atoms with E-state index in [1.54, 1.807) is 67.0 Å². The summed E-state index contributed by atoms with van der Waals surface area (Å²) in [6.45, 7) is 0.103. The molecule has 16 N–H and O–H groups in total. The van der Waals surface area contributed by atoms with Crippen molar-refractivity contribution in [3.05, 3.63) is 168 Å². The normalized spacial score (nSPS) is 13.6. The van der Waals surface area contributed by atoms with Crippen LogP contribution in [0.2, 0.25) is 0 Å². The lowest BCUT2D eigenvalue weighted by Crippen LogP contribution is -2.60. The number of aromatic amines is 2. The Morgan fingerprint density at radius 1 is 0.480 bits per heavy atom. The zero-order chi connectivity index (χ0) is 53.4. The molecule has 2 aromatic heterocycles. The van der Waals surface area contributed by atoms with Gasteiger partial charge in [-0.3, -0.25) is 29.0 Å². The van der Waals surface area contributed by atoms with Crippen molar-refractivity contribution in [2.24, 2.45) is 22.2 Å². The maximum Gasteiger partial charge on any atom is 0.326 e. The molecule has 7 aromatic rings. The highest BCUT2D eigenvalue weighted by molar-refractivity contribution is 5.97. The van der Waals surface area contributed by atoms with Gasteiger partial charge in [0.25, 0.3) is 0 Å². The molecular formula is C55H61N11O9. The number of nitrogens with two attached hydrogens (primary N) is 3. The minimum Gasteiger partial charge on any atom is -0.508 e. The summed E-state index contributed by atoms with van der Waals surface area (Å²) >= 11 is 0. The van der Waals surface area contributed by atoms with Crippen molar-refractivity contribution in [1.82, 2.24) is 36.6 Å². The molecule has 390 valence electrons. The third kappa shape index (κ3) is 15.2. The van der Waals surface area contributed by atoms with E-state index in [-0.39, 0.29) is 68.9 Å². The van der Waals surface area contributed by atoms with E-state index in [9.17, 15) is 44.1 Å². The van der Waals surface area contributed by atoms with Crippen LogP contribution in [0.25, 0.3) is 21.8 Å². The number of rotatable bonds is 25. The molecule has 5 aromatic carbocycles. The SMILES string of the molecule is NC(N)=NCCC[C@H](NC(=O)[C@H](Cc1ccc(O)cc1)NC(=O)[C@H](Cc1c[nH]c2ccccc12)NC(=O)[C@H](Cc1ccccc1)NC(=O)[C@H](Cc1c[nH]c2ccccc12)NC(=O)[C@@H](N)Cc1ccc(O)cc1)C(=O)O. The number of phenolic OH excluding ortho intramolecular Hbond substituents is 2. The van der Waals surface area contributed by atoms with Crippen molar-refractivity contribution in [2.45, 2.75) is 81.2 Å². The third-order valence-electron chi connectivity index (χ3n) is 12.7. The van der Waals surface area contributed by atoms with Crippen molar-refractivity contribution in [3.8, 4) is 11.5 Å². The number of nitrogens with one attached hydrogen (secondary N) is 7. The number of carbonyl (C=O) groups excluding carboxylic acids is 5. The number of hydrogen-bond donors (Lipinski definition) is 13. The van der Waals surface area contributed by atoms with E-state index in [0.29, 0.717) is 27.8 Å². The average Bonchev–Trinajstić information content (AvgIpc) is 4.01. The first-order chi connectivity index (χ1) is 36.1. The topological polar surface area (TPSA) is 345 Å². The van der Waals surface area contributed by atoms with Crippen LogP contribution in [-0.4, -0.2) is 110 Å². The number of guanidine groups is 1. The second-order valence-electron chi connectivity index (χ2n) is 18.3. The smallest absolute Gasteiger partial charge is 0.326 e. The summed E-state index contributed by atoms with van der Waals surface area (Å²) in [7, 11) is 0. The number of benzene rings is 5. The standard InChI is InChI=1S/C55H61N11O9/c56-41(25-33-16-20-37(67)21-17-33)49(69)63-47(28-35-30-60-42-13-6-4-11-39(35)42)52(72)64-45(26-32-9-2-1-3-10-32)51(71)66-48(29-36-31-61-43-14-7-5-12-40(36)43)53(73)65-46(27-34-18-22-38(68)23-19-34)50(70)62-44(54(74)75)15-8-24-59-55(57)58/h1-7,9-14,16-23,30-31,41,44-48,60-61,67-68H,8,15,24-29,56H2,(H,62,70)(H,63,69)(H,64,72)(H,65,73)(H,66,71)(H,74,75)(H4,57,58,59)/t41-,44-,45-,46-,47-,48-/m0/s1. The van der Waals surface area contributed by atoms with Crippen molar-refractivity contribution in [1.29, 1.82) is 0 Å². The summed E-state index contributed by atoms with van der Waals surface area (Å²) in [6, 6.07) is 27.9. The van der Waals surface area contributed by atoms with E-state index in [1.807, 2.05) is 48.5 Å². The van der Waals surface area contributed by atoms with Crippen LogP contribution in [0.4, 0.5) is 0 Å². The van der Waals surface area contributed by atoms with Crippen LogP contribution in [0.1, 0.15) is 40.7 Å². The van der Waals surface area contributed by atoms with E-state index in [2.05, 4.69) is 41.5 Å². The lowest BCUT2D eigenvalue weighted by atomic mass is 9.99. The van der Waals surface area contributed by atoms with Gasteiger partial charge in [-0.2, -0.15) is 0 Å². The maximum absolute atomic E-state index is 15.0. The molecule has 0 unspecified atom stereocenters. The van der Waals surface area contributed by atoms with Gasteiger partial charge in [-0.15, -0.1) is 0 Å².